The Labute approximate surface area is 542 Å². The van der Waals surface area contributed by atoms with Gasteiger partial charge in [0.15, 0.2) is 5.96 Å². The molecule has 0 unspecified atom stereocenters. The molecule has 10 atom stereocenters. The van der Waals surface area contributed by atoms with Crippen molar-refractivity contribution < 1.29 is 58.2 Å². The zero-order valence-corrected chi connectivity index (χ0v) is 54.7. The number of phenolic OH excluding ortho intramolecular Hbond substituents is 1. The largest absolute Gasteiger partial charge is 0.508 e. The Hall–Kier alpha value is -8.06. The summed E-state index contributed by atoms with van der Waals surface area (Å²) in [6.07, 6.45) is 7.19. The Balaban J connectivity index is 1.91. The summed E-state index contributed by atoms with van der Waals surface area (Å²) in [5.74, 6) is -9.21. The minimum atomic E-state index is -1.40. The summed E-state index contributed by atoms with van der Waals surface area (Å²) in [5, 5.41) is 45.1. The number of carboxylic acid groups (broad SMARTS) is 1. The van der Waals surface area contributed by atoms with Crippen molar-refractivity contribution in [2.24, 2.45) is 51.2 Å². The quantitative estimate of drug-likeness (QED) is 0.0183. The van der Waals surface area contributed by atoms with E-state index in [1.54, 1.807) is 40.1 Å². The Morgan fingerprint density at radius 3 is 1.52 bits per heavy atom. The molecule has 0 aliphatic carbocycles. The van der Waals surface area contributed by atoms with Crippen LogP contribution in [0.5, 0.6) is 5.75 Å². The number of fused-ring (bicyclic) bond motifs is 1. The third kappa shape index (κ3) is 27.4. The van der Waals surface area contributed by atoms with Crippen molar-refractivity contribution in [3.63, 3.8) is 0 Å². The van der Waals surface area contributed by atoms with E-state index < -0.39 is 131 Å². The van der Waals surface area contributed by atoms with Crippen LogP contribution in [0, 0.1) is 11.8 Å². The number of aliphatic carboxylic acids is 1. The highest BCUT2D eigenvalue weighted by Crippen LogP contribution is 2.21. The van der Waals surface area contributed by atoms with Crippen molar-refractivity contribution in [3.05, 3.63) is 65.9 Å². The number of amides is 9. The SMILES string of the molecule is CSCC[C@H](NC(=O)[C@@H](NC(=O)[C@@H](NC(=O)[C@H](Cc1ccc(O)cc1)NC(=O)[C@H](C)NC(=O)[C@H](CCCN=C(N)N)NC(=O)[C@@H](N)CCCCN)C(C)C)C(C)C)C(=O)N[C@@H](Cc1c[nH]c2ccccc12)C(=O)N[C@@H](CCCCN)C(=O)N[C@@H](CCCCN)C(=O)O. The van der Waals surface area contributed by atoms with E-state index in [4.69, 9.17) is 34.4 Å². The van der Waals surface area contributed by atoms with Crippen LogP contribution in [0.25, 0.3) is 10.9 Å². The highest BCUT2D eigenvalue weighted by atomic mass is 32.2. The number of aromatic amines is 1. The molecule has 92 heavy (non-hydrogen) atoms. The highest BCUT2D eigenvalue weighted by Gasteiger charge is 2.37. The zero-order valence-electron chi connectivity index (χ0n) is 53.9. The number of rotatable bonds is 44. The van der Waals surface area contributed by atoms with E-state index in [0.717, 1.165) is 10.9 Å². The molecule has 1 aromatic heterocycles. The molecule has 0 spiro atoms. The lowest BCUT2D eigenvalue weighted by Crippen LogP contribution is -2.62. The number of thioether (sulfide) groups is 1. The molecule has 0 fully saturated rings. The molecule has 9 amide bonds. The molecular weight excluding hydrogens is 1210 g/mol. The molecule has 1 heterocycles. The van der Waals surface area contributed by atoms with Gasteiger partial charge in [0.1, 0.15) is 60.1 Å². The molecule has 512 valence electrons. The van der Waals surface area contributed by atoms with E-state index >= 15 is 0 Å². The molecule has 0 aliphatic heterocycles. The van der Waals surface area contributed by atoms with Gasteiger partial charge in [-0.15, -0.1) is 0 Å². The number of unbranched alkanes of at least 4 members (excludes halogenated alkanes) is 3. The summed E-state index contributed by atoms with van der Waals surface area (Å²) in [6.45, 7) is 9.16. The van der Waals surface area contributed by atoms with Gasteiger partial charge in [0.25, 0.3) is 0 Å². The standard InChI is InChI=1S/C62H101N17O12S/c1-35(2)50(59(88)74-46(26-31-92-6)56(85)77-49(33-39-34-70-43-18-8-7-16-41(39)43)57(86)73-44(19-10-13-28-64)55(84)75-47(61(90)91)20-11-14-29-65)79-60(89)51(36(3)4)78-58(87)48(32-38-22-24-40(80)25-23-38)76-52(81)37(5)71-54(83)45(21-15-30-69-62(67)68)72-53(82)42(66)17-9-12-27-63/h7-8,16,18,22-25,34-37,42,44-51,70,80H,9-15,17,19-21,26-33,63-66H2,1-6H3,(H,71,83)(H,72,82)(H,73,86)(H,74,88)(H,75,84)(H,76,81)(H,77,85)(H,78,87)(H,79,89)(H,90,91)(H4,67,68,69)/t37-,42-,44-,45-,46-,47-,48-,49-,50-,51-/m0/s1. The smallest absolute Gasteiger partial charge is 0.326 e. The molecule has 24 N–H and O–H groups in total. The number of phenols is 1. The molecule has 3 aromatic rings. The summed E-state index contributed by atoms with van der Waals surface area (Å²) in [7, 11) is 0. The fourth-order valence-corrected chi connectivity index (χ4v) is 10.3. The average molecular weight is 1310 g/mol. The maximum atomic E-state index is 14.7. The number of H-pyrrole nitrogens is 1. The van der Waals surface area contributed by atoms with E-state index in [1.807, 2.05) is 24.3 Å². The number of aliphatic imine (C=N–C) groups is 1. The Bertz CT molecular complexity index is 2890. The first-order valence-electron chi connectivity index (χ1n) is 31.4. The lowest BCUT2D eigenvalue weighted by atomic mass is 9.98. The summed E-state index contributed by atoms with van der Waals surface area (Å²) >= 11 is 1.39. The number of hydrogen-bond acceptors (Lipinski definition) is 17. The van der Waals surface area contributed by atoms with Gasteiger partial charge in [0.05, 0.1) is 6.04 Å². The number of carboxylic acids is 1. The molecule has 30 heteroatoms. The molecule has 0 aliphatic rings. The van der Waals surface area contributed by atoms with Crippen molar-refractivity contribution >= 4 is 87.8 Å². The predicted molar refractivity (Wildman–Crippen MR) is 354 cm³/mol. The van der Waals surface area contributed by atoms with E-state index in [2.05, 4.69) is 57.8 Å². The van der Waals surface area contributed by atoms with Crippen LogP contribution in [0.15, 0.2) is 59.7 Å². The number of nitrogens with zero attached hydrogens (tertiary/aromatic N) is 1. The normalized spacial score (nSPS) is 14.6. The average Bonchev–Trinajstić information content (AvgIpc) is 1.67. The number of hydrogen-bond donors (Lipinski definition) is 18. The van der Waals surface area contributed by atoms with E-state index in [0.29, 0.717) is 81.5 Å². The van der Waals surface area contributed by atoms with E-state index in [1.165, 1.54) is 43.0 Å². The molecule has 2 aromatic carbocycles. The maximum absolute atomic E-state index is 14.7. The lowest BCUT2D eigenvalue weighted by molar-refractivity contribution is -0.142. The summed E-state index contributed by atoms with van der Waals surface area (Å²) in [5.41, 5.74) is 35.9. The van der Waals surface area contributed by atoms with Crippen molar-refractivity contribution in [3.8, 4) is 5.75 Å². The number of aromatic hydroxyl groups is 1. The number of nitrogens with two attached hydrogens (primary N) is 6. The minimum absolute atomic E-state index is 0.0580. The molecule has 0 saturated heterocycles. The summed E-state index contributed by atoms with van der Waals surface area (Å²) < 4.78 is 0. The third-order valence-corrected chi connectivity index (χ3v) is 15.9. The molecule has 0 saturated carbocycles. The highest BCUT2D eigenvalue weighted by molar-refractivity contribution is 7.98. The van der Waals surface area contributed by atoms with Crippen molar-refractivity contribution in [1.29, 1.82) is 0 Å². The van der Waals surface area contributed by atoms with Gasteiger partial charge in [-0.05, 0) is 150 Å². The Morgan fingerprint density at radius 2 is 0.957 bits per heavy atom. The number of aromatic nitrogens is 1. The Kier molecular flexibility index (Phi) is 35.2. The van der Waals surface area contributed by atoms with Crippen LogP contribution in [-0.4, -0.2) is 179 Å². The van der Waals surface area contributed by atoms with Crippen molar-refractivity contribution in [1.82, 2.24) is 52.8 Å². The molecule has 3 rings (SSSR count). The maximum Gasteiger partial charge on any atom is 0.326 e. The van der Waals surface area contributed by atoms with Crippen LogP contribution in [0.4, 0.5) is 0 Å². The molecule has 0 bridgehead atoms. The summed E-state index contributed by atoms with van der Waals surface area (Å²) in [4.78, 5) is 147. The van der Waals surface area contributed by atoms with Gasteiger partial charge in [-0.1, -0.05) is 64.4 Å². The van der Waals surface area contributed by atoms with Gasteiger partial charge >= 0.3 is 5.97 Å². The number of guanidine groups is 1. The second kappa shape index (κ2) is 41.4. The van der Waals surface area contributed by atoms with Crippen LogP contribution in [0.2, 0.25) is 0 Å². The van der Waals surface area contributed by atoms with Crippen LogP contribution < -0.4 is 82.3 Å². The van der Waals surface area contributed by atoms with Gasteiger partial charge in [-0.3, -0.25) is 48.1 Å². The molecule has 0 radical (unpaired) electrons. The van der Waals surface area contributed by atoms with Gasteiger partial charge in [0, 0.05) is 36.5 Å². The second-order valence-corrected chi connectivity index (χ2v) is 24.5. The first-order valence-corrected chi connectivity index (χ1v) is 32.8. The number of nitrogens with one attached hydrogen (secondary N) is 10. The van der Waals surface area contributed by atoms with Crippen LogP contribution >= 0.6 is 11.8 Å². The lowest BCUT2D eigenvalue weighted by Gasteiger charge is -2.30. The van der Waals surface area contributed by atoms with Crippen LogP contribution in [-0.2, 0) is 60.8 Å². The van der Waals surface area contributed by atoms with E-state index in [-0.39, 0.29) is 63.2 Å². The predicted octanol–water partition coefficient (Wildman–Crippen LogP) is -1.04. The monoisotopic (exact) mass is 1310 g/mol. The van der Waals surface area contributed by atoms with E-state index in [9.17, 15) is 58.2 Å². The number of carbonyl (C=O) groups is 10. The zero-order chi connectivity index (χ0) is 68.5. The first-order chi connectivity index (χ1) is 43.7. The van der Waals surface area contributed by atoms with Crippen molar-refractivity contribution in [2.45, 2.75) is 185 Å². The minimum Gasteiger partial charge on any atom is -0.508 e. The summed E-state index contributed by atoms with van der Waals surface area (Å²) in [6, 6.07) is 0.551. The first kappa shape index (κ1) is 78.2. The Morgan fingerprint density at radius 1 is 0.511 bits per heavy atom. The molecular formula is C62H101N17O12S. The van der Waals surface area contributed by atoms with Crippen LogP contribution in [0.1, 0.15) is 123 Å². The number of para-hydroxylation sites is 1. The van der Waals surface area contributed by atoms with Gasteiger partial charge in [0.2, 0.25) is 53.2 Å². The molecule has 29 nitrogen and oxygen atoms in total. The third-order valence-electron chi connectivity index (χ3n) is 15.3. The fourth-order valence-electron chi connectivity index (χ4n) is 9.84. The fraction of sp³-hybridized carbons (Fsp3) is 0.597. The number of benzene rings is 2. The van der Waals surface area contributed by atoms with Crippen molar-refractivity contribution in [2.75, 3.05) is 38.2 Å². The van der Waals surface area contributed by atoms with Gasteiger partial charge in [-0.25, -0.2) is 4.79 Å². The topological polar surface area (TPSA) is 504 Å². The van der Waals surface area contributed by atoms with Gasteiger partial charge < -0.3 is 97.5 Å². The second-order valence-electron chi connectivity index (χ2n) is 23.5. The van der Waals surface area contributed by atoms with Crippen LogP contribution in [0.3, 0.4) is 0 Å². The van der Waals surface area contributed by atoms with Gasteiger partial charge in [-0.2, -0.15) is 11.8 Å². The number of carbonyl (C=O) groups excluding carboxylic acids is 9.